The fraction of sp³-hybridized carbons (Fsp3) is 0.208. The van der Waals surface area contributed by atoms with Crippen LogP contribution in [0.3, 0.4) is 0 Å². The van der Waals surface area contributed by atoms with Gasteiger partial charge in [-0.2, -0.15) is 0 Å². The maximum atomic E-state index is 12.6. The lowest BCUT2D eigenvalue weighted by Crippen LogP contribution is -2.27. The number of amides is 2. The highest BCUT2D eigenvalue weighted by molar-refractivity contribution is 8.00. The summed E-state index contributed by atoms with van der Waals surface area (Å²) in [6.07, 6.45) is 1.59. The lowest BCUT2D eigenvalue weighted by atomic mass is 10.1. The number of hydrogen-bond acceptors (Lipinski definition) is 6. The maximum absolute atomic E-state index is 12.6. The molecule has 1 N–H and O–H groups in total. The summed E-state index contributed by atoms with van der Waals surface area (Å²) in [5, 5.41) is 2.69. The molecule has 0 radical (unpaired) electrons. The number of nitrogens with one attached hydrogen (secondary N) is 1. The van der Waals surface area contributed by atoms with Crippen LogP contribution >= 0.6 is 11.8 Å². The summed E-state index contributed by atoms with van der Waals surface area (Å²) in [4.78, 5) is 38.5. The molecule has 1 fully saturated rings. The van der Waals surface area contributed by atoms with E-state index in [2.05, 4.69) is 5.32 Å². The number of carbonyl (C=O) groups excluding carboxylic acids is 3. The number of rotatable bonds is 7. The summed E-state index contributed by atoms with van der Waals surface area (Å²) in [5.74, 6) is 0.545. The second-order valence-electron chi connectivity index (χ2n) is 7.14. The van der Waals surface area contributed by atoms with Gasteiger partial charge >= 0.3 is 5.97 Å². The van der Waals surface area contributed by atoms with Crippen LogP contribution in [0.25, 0.3) is 0 Å². The summed E-state index contributed by atoms with van der Waals surface area (Å²) in [6.45, 7) is 2.46. The van der Waals surface area contributed by atoms with Crippen LogP contribution in [0.1, 0.15) is 44.3 Å². The molecule has 1 atom stereocenters. The molecule has 0 saturated carbocycles. The van der Waals surface area contributed by atoms with Gasteiger partial charge in [-0.25, -0.2) is 4.79 Å². The predicted octanol–water partition coefficient (Wildman–Crippen LogP) is 4.48. The van der Waals surface area contributed by atoms with Crippen LogP contribution < -0.4 is 5.32 Å². The fourth-order valence-corrected chi connectivity index (χ4v) is 4.57. The zero-order chi connectivity index (χ0) is 22.5. The van der Waals surface area contributed by atoms with Crippen molar-refractivity contribution >= 4 is 35.2 Å². The van der Waals surface area contributed by atoms with Gasteiger partial charge in [-0.05, 0) is 61.0 Å². The summed E-state index contributed by atoms with van der Waals surface area (Å²) in [5.41, 5.74) is 2.45. The number of furan rings is 1. The van der Waals surface area contributed by atoms with Crippen LogP contribution in [-0.4, -0.2) is 35.0 Å². The molecule has 0 aliphatic carbocycles. The number of thioether (sulfide) groups is 1. The second-order valence-corrected chi connectivity index (χ2v) is 8.21. The van der Waals surface area contributed by atoms with Gasteiger partial charge in [-0.1, -0.05) is 12.1 Å². The van der Waals surface area contributed by atoms with Crippen LogP contribution in [0.2, 0.25) is 0 Å². The highest BCUT2D eigenvalue weighted by Crippen LogP contribution is 2.39. The summed E-state index contributed by atoms with van der Waals surface area (Å²) in [6, 6.07) is 17.4. The van der Waals surface area contributed by atoms with E-state index in [1.807, 2.05) is 18.2 Å². The van der Waals surface area contributed by atoms with Gasteiger partial charge in [0.1, 0.15) is 11.1 Å². The molecule has 32 heavy (non-hydrogen) atoms. The van der Waals surface area contributed by atoms with Crippen LogP contribution in [0.15, 0.2) is 71.3 Å². The minimum atomic E-state index is -0.398. The lowest BCUT2D eigenvalue weighted by molar-refractivity contribution is -0.128. The van der Waals surface area contributed by atoms with Crippen molar-refractivity contribution in [1.82, 2.24) is 4.90 Å². The van der Waals surface area contributed by atoms with Crippen molar-refractivity contribution in [3.8, 4) is 0 Å². The first-order valence-electron chi connectivity index (χ1n) is 10.2. The van der Waals surface area contributed by atoms with E-state index in [-0.39, 0.29) is 17.2 Å². The minimum absolute atomic E-state index is 0.0597. The molecule has 1 aliphatic heterocycles. The largest absolute Gasteiger partial charge is 0.467 e. The molecule has 1 saturated heterocycles. The molecule has 1 unspecified atom stereocenters. The Balaban J connectivity index is 1.41. The van der Waals surface area contributed by atoms with E-state index in [0.717, 1.165) is 11.3 Å². The molecule has 4 rings (SSSR count). The van der Waals surface area contributed by atoms with E-state index in [1.54, 1.807) is 72.3 Å². The topological polar surface area (TPSA) is 88.8 Å². The third-order valence-electron chi connectivity index (χ3n) is 4.99. The highest BCUT2D eigenvalue weighted by Gasteiger charge is 2.33. The molecular weight excluding hydrogens is 428 g/mol. The van der Waals surface area contributed by atoms with Crippen molar-refractivity contribution in [2.24, 2.45) is 0 Å². The van der Waals surface area contributed by atoms with Crippen molar-refractivity contribution in [2.45, 2.75) is 18.8 Å². The number of hydrogen-bond donors (Lipinski definition) is 1. The van der Waals surface area contributed by atoms with E-state index >= 15 is 0 Å². The number of nitrogens with zero attached hydrogens (tertiary/aromatic N) is 1. The lowest BCUT2D eigenvalue weighted by Gasteiger charge is -2.23. The van der Waals surface area contributed by atoms with Crippen molar-refractivity contribution in [2.75, 3.05) is 17.7 Å². The molecule has 1 aliphatic rings. The first kappa shape index (κ1) is 21.7. The molecule has 2 amide bonds. The number of benzene rings is 2. The molecule has 0 spiro atoms. The van der Waals surface area contributed by atoms with Gasteiger partial charge in [0.2, 0.25) is 5.91 Å². The molecule has 1 aromatic heterocycles. The Bertz CT molecular complexity index is 1090. The SMILES string of the molecule is CCOC(=O)c1ccc(NC(=O)c2ccc(C3SCC(=O)N3Cc3ccco3)cc2)cc1. The van der Waals surface area contributed by atoms with Crippen molar-refractivity contribution in [1.29, 1.82) is 0 Å². The Morgan fingerprint density at radius 2 is 1.81 bits per heavy atom. The zero-order valence-corrected chi connectivity index (χ0v) is 18.3. The first-order valence-corrected chi connectivity index (χ1v) is 11.2. The molecule has 3 aromatic rings. The average molecular weight is 451 g/mol. The molecule has 2 heterocycles. The van der Waals surface area contributed by atoms with Crippen molar-refractivity contribution in [3.63, 3.8) is 0 Å². The monoisotopic (exact) mass is 450 g/mol. The Kier molecular flexibility index (Phi) is 6.61. The summed E-state index contributed by atoms with van der Waals surface area (Å²) in [7, 11) is 0. The van der Waals surface area contributed by atoms with Crippen LogP contribution in [-0.2, 0) is 16.1 Å². The quantitative estimate of drug-likeness (QED) is 0.534. The molecule has 0 bridgehead atoms. The molecular formula is C24H22N2O5S. The molecule has 7 nitrogen and oxygen atoms in total. The maximum Gasteiger partial charge on any atom is 0.338 e. The van der Waals surface area contributed by atoms with Gasteiger partial charge in [-0.15, -0.1) is 11.8 Å². The van der Waals surface area contributed by atoms with Crippen molar-refractivity contribution in [3.05, 3.63) is 89.4 Å². The summed E-state index contributed by atoms with van der Waals surface area (Å²) < 4.78 is 10.3. The molecule has 164 valence electrons. The van der Waals surface area contributed by atoms with E-state index in [1.165, 1.54) is 0 Å². The third kappa shape index (κ3) is 4.86. The highest BCUT2D eigenvalue weighted by atomic mass is 32.2. The Hall–Kier alpha value is -3.52. The van der Waals surface area contributed by atoms with Gasteiger partial charge in [0.15, 0.2) is 0 Å². The number of anilines is 1. The van der Waals surface area contributed by atoms with Crippen LogP contribution in [0.5, 0.6) is 0 Å². The number of carbonyl (C=O) groups is 3. The van der Waals surface area contributed by atoms with Gasteiger partial charge in [-0.3, -0.25) is 9.59 Å². The van der Waals surface area contributed by atoms with Gasteiger partial charge < -0.3 is 19.4 Å². The van der Waals surface area contributed by atoms with Crippen LogP contribution in [0.4, 0.5) is 5.69 Å². The fourth-order valence-electron chi connectivity index (χ4n) is 3.38. The standard InChI is InChI=1S/C24H22N2O5S/c1-2-30-24(29)18-9-11-19(12-10-18)25-22(28)16-5-7-17(8-6-16)23-26(21(27)15-32-23)14-20-4-3-13-31-20/h3-13,23H,2,14-15H2,1H3,(H,25,28). The predicted molar refractivity (Wildman–Crippen MR) is 121 cm³/mol. The van der Waals surface area contributed by atoms with E-state index in [0.29, 0.717) is 35.7 Å². The second kappa shape index (κ2) is 9.74. The minimum Gasteiger partial charge on any atom is -0.467 e. The Morgan fingerprint density at radius 1 is 1.09 bits per heavy atom. The summed E-state index contributed by atoms with van der Waals surface area (Å²) >= 11 is 1.55. The molecule has 8 heteroatoms. The van der Waals surface area contributed by atoms with E-state index < -0.39 is 5.97 Å². The van der Waals surface area contributed by atoms with E-state index in [9.17, 15) is 14.4 Å². The van der Waals surface area contributed by atoms with Crippen LogP contribution in [0, 0.1) is 0 Å². The van der Waals surface area contributed by atoms with E-state index in [4.69, 9.17) is 9.15 Å². The average Bonchev–Trinajstić information content (AvgIpc) is 3.45. The number of ether oxygens (including phenoxy) is 1. The molecule has 2 aromatic carbocycles. The normalized spacial score (nSPS) is 15.6. The van der Waals surface area contributed by atoms with Gasteiger partial charge in [0, 0.05) is 11.3 Å². The number of esters is 1. The van der Waals surface area contributed by atoms with Crippen molar-refractivity contribution < 1.29 is 23.5 Å². The Morgan fingerprint density at radius 3 is 2.47 bits per heavy atom. The third-order valence-corrected chi connectivity index (χ3v) is 6.24. The Labute approximate surface area is 189 Å². The smallest absolute Gasteiger partial charge is 0.338 e. The van der Waals surface area contributed by atoms with Gasteiger partial charge in [0.25, 0.3) is 5.91 Å². The zero-order valence-electron chi connectivity index (χ0n) is 17.4. The first-order chi connectivity index (χ1) is 15.5. The van der Waals surface area contributed by atoms with Gasteiger partial charge in [0.05, 0.1) is 30.7 Å².